The van der Waals surface area contributed by atoms with Crippen LogP contribution >= 0.6 is 0 Å². The predicted molar refractivity (Wildman–Crippen MR) is 167 cm³/mol. The highest BCUT2D eigenvalue weighted by Gasteiger charge is 2.43. The molecule has 246 valence electrons. The summed E-state index contributed by atoms with van der Waals surface area (Å²) < 4.78 is 10.1. The van der Waals surface area contributed by atoms with Crippen LogP contribution in [0.4, 0.5) is 4.79 Å². The van der Waals surface area contributed by atoms with E-state index >= 15 is 0 Å². The maximum Gasteiger partial charge on any atom is 0.408 e. The van der Waals surface area contributed by atoms with Gasteiger partial charge in [0.25, 0.3) is 0 Å². The molecule has 5 N–H and O–H groups in total. The maximum atomic E-state index is 14.0. The average molecular weight is 627 g/mol. The fourth-order valence-corrected chi connectivity index (χ4v) is 4.81. The van der Waals surface area contributed by atoms with E-state index in [-0.39, 0.29) is 13.0 Å². The minimum atomic E-state index is -1.52. The average Bonchev–Trinajstić information content (AvgIpc) is 3.04. The molecule has 0 radical (unpaired) electrons. The molecule has 0 saturated heterocycles. The third kappa shape index (κ3) is 10.7. The van der Waals surface area contributed by atoms with Crippen LogP contribution in [0.3, 0.4) is 0 Å². The Morgan fingerprint density at radius 1 is 0.933 bits per heavy atom. The van der Waals surface area contributed by atoms with Gasteiger partial charge < -0.3 is 30.9 Å². The highest BCUT2D eigenvalue weighted by atomic mass is 16.5. The fraction of sp³-hybridized carbons (Fsp3) is 0.485. The zero-order valence-electron chi connectivity index (χ0n) is 26.6. The van der Waals surface area contributed by atoms with Crippen molar-refractivity contribution >= 4 is 29.8 Å². The van der Waals surface area contributed by atoms with E-state index in [0.29, 0.717) is 18.4 Å². The number of amides is 4. The van der Waals surface area contributed by atoms with Gasteiger partial charge in [0.2, 0.25) is 17.7 Å². The number of carbonyl (C=O) groups is 5. The van der Waals surface area contributed by atoms with Crippen molar-refractivity contribution in [2.45, 2.75) is 77.7 Å². The number of methoxy groups -OCH3 is 1. The summed E-state index contributed by atoms with van der Waals surface area (Å²) in [7, 11) is 1.17. The number of esters is 1. The third-order valence-corrected chi connectivity index (χ3v) is 7.38. The molecule has 0 bridgehead atoms. The van der Waals surface area contributed by atoms with Gasteiger partial charge >= 0.3 is 12.1 Å². The largest absolute Gasteiger partial charge is 0.467 e. The zero-order valence-corrected chi connectivity index (χ0v) is 26.6. The third-order valence-electron chi connectivity index (χ3n) is 7.38. The molecule has 4 amide bonds. The number of rotatable bonds is 16. The Hall–Kier alpha value is -4.29. The molecular formula is C33H46N4O8. The second-order valence-electron chi connectivity index (χ2n) is 11.1. The summed E-state index contributed by atoms with van der Waals surface area (Å²) in [5.74, 6) is -4.51. The van der Waals surface area contributed by atoms with E-state index in [1.54, 1.807) is 56.3 Å². The number of aliphatic hydroxyl groups is 1. The van der Waals surface area contributed by atoms with Crippen LogP contribution in [0.15, 0.2) is 60.7 Å². The van der Waals surface area contributed by atoms with Gasteiger partial charge in [0.05, 0.1) is 25.8 Å². The molecule has 12 nitrogen and oxygen atoms in total. The second kappa shape index (κ2) is 18.5. The van der Waals surface area contributed by atoms with Gasteiger partial charge in [-0.1, -0.05) is 87.9 Å². The van der Waals surface area contributed by atoms with Gasteiger partial charge in [0, 0.05) is 12.3 Å². The maximum absolute atomic E-state index is 14.0. The summed E-state index contributed by atoms with van der Waals surface area (Å²) in [5, 5.41) is 15.8. The zero-order chi connectivity index (χ0) is 33.5. The van der Waals surface area contributed by atoms with Crippen molar-refractivity contribution in [1.82, 2.24) is 15.5 Å². The van der Waals surface area contributed by atoms with E-state index < -0.39 is 72.4 Å². The Labute approximate surface area is 264 Å². The highest BCUT2D eigenvalue weighted by Crippen LogP contribution is 2.27. The van der Waals surface area contributed by atoms with Gasteiger partial charge in [-0.3, -0.25) is 19.3 Å². The van der Waals surface area contributed by atoms with Gasteiger partial charge in [0.1, 0.15) is 18.7 Å². The molecule has 0 aliphatic rings. The van der Waals surface area contributed by atoms with Crippen molar-refractivity contribution in [2.75, 3.05) is 13.7 Å². The summed E-state index contributed by atoms with van der Waals surface area (Å²) in [6.07, 6.45) is 0.348. The molecular weight excluding hydrogens is 580 g/mol. The lowest BCUT2D eigenvalue weighted by molar-refractivity contribution is -0.163. The van der Waals surface area contributed by atoms with Gasteiger partial charge in [-0.05, 0) is 30.4 Å². The number of carbonyl (C=O) groups excluding carboxylic acids is 5. The van der Waals surface area contributed by atoms with Gasteiger partial charge in [-0.15, -0.1) is 0 Å². The number of nitrogens with zero attached hydrogens (tertiary/aromatic N) is 1. The van der Waals surface area contributed by atoms with Crippen LogP contribution in [-0.4, -0.2) is 71.6 Å². The molecule has 12 heteroatoms. The van der Waals surface area contributed by atoms with E-state index in [2.05, 4.69) is 10.6 Å². The lowest BCUT2D eigenvalue weighted by Crippen LogP contribution is -2.60. The lowest BCUT2D eigenvalue weighted by Gasteiger charge is -2.36. The Morgan fingerprint density at radius 2 is 1.53 bits per heavy atom. The number of nitrogens with one attached hydrogen (secondary N) is 2. The number of hydrogen-bond acceptors (Lipinski definition) is 9. The topological polar surface area (TPSA) is 177 Å². The molecule has 0 spiro atoms. The number of nitrogens with two attached hydrogens (primary N) is 1. The lowest BCUT2D eigenvalue weighted by atomic mass is 9.86. The Bertz CT molecular complexity index is 1260. The fourth-order valence-electron chi connectivity index (χ4n) is 4.81. The van der Waals surface area contributed by atoms with Gasteiger partial charge in [-0.25, -0.2) is 9.59 Å². The molecule has 0 fully saturated rings. The van der Waals surface area contributed by atoms with E-state index in [0.717, 1.165) is 10.5 Å². The van der Waals surface area contributed by atoms with Gasteiger partial charge in [-0.2, -0.15) is 0 Å². The predicted octanol–water partition coefficient (Wildman–Crippen LogP) is 2.84. The number of alkyl carbamates (subject to hydrolysis) is 1. The molecule has 5 atom stereocenters. The minimum absolute atomic E-state index is 0.00136. The van der Waals surface area contributed by atoms with Crippen LogP contribution in [0.25, 0.3) is 0 Å². The van der Waals surface area contributed by atoms with Crippen LogP contribution < -0.4 is 16.4 Å². The van der Waals surface area contributed by atoms with E-state index in [1.165, 1.54) is 14.0 Å². The summed E-state index contributed by atoms with van der Waals surface area (Å²) in [5.41, 5.74) is 7.78. The monoisotopic (exact) mass is 626 g/mol. The molecule has 2 rings (SSSR count). The van der Waals surface area contributed by atoms with Crippen molar-refractivity contribution in [3.05, 3.63) is 71.8 Å². The van der Waals surface area contributed by atoms with Crippen LogP contribution in [0, 0.1) is 11.8 Å². The van der Waals surface area contributed by atoms with Crippen LogP contribution in [0.5, 0.6) is 0 Å². The molecule has 0 aromatic heterocycles. The summed E-state index contributed by atoms with van der Waals surface area (Å²) >= 11 is 0. The number of unbranched alkanes of at least 4 members (excludes halogenated alkanes) is 1. The number of aliphatic hydroxyl groups excluding tert-OH is 1. The first kappa shape index (κ1) is 36.9. The minimum Gasteiger partial charge on any atom is -0.467 e. The standard InChI is InChI=1S/C33H46N4O8/c1-6-7-18-26(39)37(29(21(2)3)32(42)44-5)31(41)27(34)25(19-38)28(24-16-12-9-13-17-24)36-30(40)22(4)35-33(43)45-20-23-14-10-8-11-15-23/h8-17,21-22,25,27-29,38H,6-7,18-20,34H2,1-5H3,(H,35,43)(H,36,40)/t22-,25?,27?,28+,29?/m0/s1. The van der Waals surface area contributed by atoms with Crippen LogP contribution in [0.2, 0.25) is 0 Å². The first-order valence-corrected chi connectivity index (χ1v) is 15.1. The summed E-state index contributed by atoms with van der Waals surface area (Å²) in [4.78, 5) is 66.6. The molecule has 2 aromatic rings. The number of ether oxygens (including phenoxy) is 2. The SMILES string of the molecule is CCCCC(=O)N(C(=O)C(N)C(CO)[C@H](NC(=O)[C@H](C)NC(=O)OCc1ccccc1)c1ccccc1)C(C(=O)OC)C(C)C. The molecule has 2 aromatic carbocycles. The van der Waals surface area contributed by atoms with Crippen molar-refractivity contribution in [3.63, 3.8) is 0 Å². The number of benzene rings is 2. The molecule has 0 aliphatic heterocycles. The van der Waals surface area contributed by atoms with Gasteiger partial charge in [0.15, 0.2) is 0 Å². The van der Waals surface area contributed by atoms with E-state index in [4.69, 9.17) is 15.2 Å². The quantitative estimate of drug-likeness (QED) is 0.204. The van der Waals surface area contributed by atoms with Crippen molar-refractivity contribution in [2.24, 2.45) is 17.6 Å². The smallest absolute Gasteiger partial charge is 0.408 e. The molecule has 0 heterocycles. The van der Waals surface area contributed by atoms with Crippen LogP contribution in [-0.2, 0) is 35.3 Å². The molecule has 0 saturated carbocycles. The first-order valence-electron chi connectivity index (χ1n) is 15.1. The first-order chi connectivity index (χ1) is 21.5. The Kier molecular flexibility index (Phi) is 15.2. The van der Waals surface area contributed by atoms with E-state index in [9.17, 15) is 29.1 Å². The Morgan fingerprint density at radius 3 is 2.07 bits per heavy atom. The van der Waals surface area contributed by atoms with Crippen molar-refractivity contribution in [1.29, 1.82) is 0 Å². The molecule has 0 aliphatic carbocycles. The van der Waals surface area contributed by atoms with E-state index in [1.807, 2.05) is 25.1 Å². The van der Waals surface area contributed by atoms with Crippen LogP contribution in [0.1, 0.15) is 64.1 Å². The van der Waals surface area contributed by atoms with Crippen molar-refractivity contribution in [3.8, 4) is 0 Å². The normalized spacial score (nSPS) is 14.3. The number of hydrogen-bond donors (Lipinski definition) is 4. The van der Waals surface area contributed by atoms with Crippen molar-refractivity contribution < 1.29 is 38.6 Å². The molecule has 3 unspecified atom stereocenters. The summed E-state index contributed by atoms with van der Waals surface area (Å²) in [6, 6.07) is 12.7. The second-order valence-corrected chi connectivity index (χ2v) is 11.1. The summed E-state index contributed by atoms with van der Waals surface area (Å²) in [6.45, 7) is 6.05. The highest BCUT2D eigenvalue weighted by molar-refractivity contribution is 6.01. The number of imide groups is 1. The Balaban J connectivity index is 2.34. The molecule has 45 heavy (non-hydrogen) atoms.